The van der Waals surface area contributed by atoms with E-state index in [9.17, 15) is 18.5 Å². The summed E-state index contributed by atoms with van der Waals surface area (Å²) in [6.07, 6.45) is 3.90. The smallest absolute Gasteiger partial charge is 0.270 e. The first-order chi connectivity index (χ1) is 15.7. The zero-order valence-electron chi connectivity index (χ0n) is 19.0. The SMILES string of the molecule is COc1ccc(/C=N\Nc2ccc([N+](=O)[O-])cc2S(=O)(=O)N2[C@@H](C)CCC[C@@H]2C)cc1OC. The van der Waals surface area contributed by atoms with Gasteiger partial charge in [-0.05, 0) is 56.5 Å². The predicted molar refractivity (Wildman–Crippen MR) is 126 cm³/mol. The first kappa shape index (κ1) is 24.5. The van der Waals surface area contributed by atoms with E-state index in [-0.39, 0.29) is 28.4 Å². The third-order valence-electron chi connectivity index (χ3n) is 5.65. The molecule has 11 heteroatoms. The second-order valence-corrected chi connectivity index (χ2v) is 9.70. The van der Waals surface area contributed by atoms with E-state index < -0.39 is 14.9 Å². The molecule has 1 aliphatic rings. The Morgan fingerprint density at radius 3 is 2.36 bits per heavy atom. The summed E-state index contributed by atoms with van der Waals surface area (Å²) < 4.78 is 39.1. The van der Waals surface area contributed by atoms with Gasteiger partial charge in [0, 0.05) is 24.2 Å². The Kier molecular flexibility index (Phi) is 7.54. The molecule has 0 aliphatic carbocycles. The molecule has 0 amide bonds. The van der Waals surface area contributed by atoms with Gasteiger partial charge in [-0.15, -0.1) is 0 Å². The predicted octanol–water partition coefficient (Wildman–Crippen LogP) is 4.01. The molecule has 1 fully saturated rings. The fraction of sp³-hybridized carbons (Fsp3) is 0.409. The van der Waals surface area contributed by atoms with Crippen LogP contribution in [0.3, 0.4) is 0 Å². The summed E-state index contributed by atoms with van der Waals surface area (Å²) in [6, 6.07) is 8.47. The normalized spacial score (nSPS) is 19.4. The number of non-ortho nitro benzene ring substituents is 1. The number of sulfonamides is 1. The monoisotopic (exact) mass is 476 g/mol. The average molecular weight is 477 g/mol. The molecule has 1 N–H and O–H groups in total. The van der Waals surface area contributed by atoms with Crippen LogP contribution in [0.5, 0.6) is 11.5 Å². The maximum atomic E-state index is 13.6. The Bertz CT molecular complexity index is 1140. The number of nitrogens with one attached hydrogen (secondary N) is 1. The molecule has 0 aromatic heterocycles. The van der Waals surface area contributed by atoms with Crippen molar-refractivity contribution in [3.8, 4) is 11.5 Å². The summed E-state index contributed by atoms with van der Waals surface area (Å²) >= 11 is 0. The van der Waals surface area contributed by atoms with Gasteiger partial charge >= 0.3 is 0 Å². The van der Waals surface area contributed by atoms with E-state index >= 15 is 0 Å². The van der Waals surface area contributed by atoms with Gasteiger partial charge in [0.2, 0.25) is 10.0 Å². The molecule has 0 saturated carbocycles. The van der Waals surface area contributed by atoms with Crippen LogP contribution in [0.15, 0.2) is 46.4 Å². The van der Waals surface area contributed by atoms with Gasteiger partial charge in [-0.2, -0.15) is 9.41 Å². The van der Waals surface area contributed by atoms with E-state index in [0.717, 1.165) is 25.3 Å². The molecule has 1 saturated heterocycles. The molecular formula is C22H28N4O6S. The highest BCUT2D eigenvalue weighted by Gasteiger charge is 2.37. The lowest BCUT2D eigenvalue weighted by molar-refractivity contribution is -0.385. The van der Waals surface area contributed by atoms with Gasteiger partial charge in [-0.1, -0.05) is 6.42 Å². The van der Waals surface area contributed by atoms with Gasteiger partial charge in [0.15, 0.2) is 11.5 Å². The number of rotatable bonds is 8. The molecular weight excluding hydrogens is 448 g/mol. The fourth-order valence-electron chi connectivity index (χ4n) is 4.02. The Morgan fingerprint density at radius 2 is 1.76 bits per heavy atom. The number of piperidine rings is 1. The Hall–Kier alpha value is -3.18. The highest BCUT2D eigenvalue weighted by molar-refractivity contribution is 7.89. The second kappa shape index (κ2) is 10.2. The van der Waals surface area contributed by atoms with Crippen LogP contribution in [0, 0.1) is 10.1 Å². The summed E-state index contributed by atoms with van der Waals surface area (Å²) in [4.78, 5) is 10.5. The quantitative estimate of drug-likeness (QED) is 0.347. The van der Waals surface area contributed by atoms with Crippen LogP contribution in [0.4, 0.5) is 11.4 Å². The van der Waals surface area contributed by atoms with Gasteiger partial charge in [-0.3, -0.25) is 15.5 Å². The number of hydrogen-bond acceptors (Lipinski definition) is 8. The van der Waals surface area contributed by atoms with E-state index in [4.69, 9.17) is 9.47 Å². The van der Waals surface area contributed by atoms with Gasteiger partial charge in [0.25, 0.3) is 5.69 Å². The molecule has 33 heavy (non-hydrogen) atoms. The lowest BCUT2D eigenvalue weighted by Crippen LogP contribution is -2.47. The molecule has 0 bridgehead atoms. The van der Waals surface area contributed by atoms with Gasteiger partial charge in [0.1, 0.15) is 4.90 Å². The molecule has 0 unspecified atom stereocenters. The van der Waals surface area contributed by atoms with Crippen molar-refractivity contribution < 1.29 is 22.8 Å². The molecule has 0 radical (unpaired) electrons. The average Bonchev–Trinajstić information content (AvgIpc) is 2.78. The van der Waals surface area contributed by atoms with Crippen molar-refractivity contribution in [1.29, 1.82) is 0 Å². The first-order valence-corrected chi connectivity index (χ1v) is 12.0. The van der Waals surface area contributed by atoms with E-state index in [1.807, 2.05) is 13.8 Å². The summed E-state index contributed by atoms with van der Waals surface area (Å²) in [7, 11) is -0.949. The number of hydrazone groups is 1. The van der Waals surface area contributed by atoms with Crippen LogP contribution in [0.2, 0.25) is 0 Å². The molecule has 0 spiro atoms. The van der Waals surface area contributed by atoms with Crippen LogP contribution in [-0.2, 0) is 10.0 Å². The minimum absolute atomic E-state index is 0.155. The summed E-state index contributed by atoms with van der Waals surface area (Å²) in [5.74, 6) is 1.09. The Balaban J connectivity index is 1.96. The van der Waals surface area contributed by atoms with Crippen molar-refractivity contribution in [2.24, 2.45) is 5.10 Å². The van der Waals surface area contributed by atoms with Crippen molar-refractivity contribution in [3.63, 3.8) is 0 Å². The molecule has 1 aliphatic heterocycles. The van der Waals surface area contributed by atoms with Crippen LogP contribution >= 0.6 is 0 Å². The van der Waals surface area contributed by atoms with Crippen molar-refractivity contribution in [2.45, 2.75) is 50.1 Å². The van der Waals surface area contributed by atoms with Crippen LogP contribution in [-0.4, -0.2) is 50.2 Å². The second-order valence-electron chi connectivity index (χ2n) is 7.89. The summed E-state index contributed by atoms with van der Waals surface area (Å²) in [6.45, 7) is 3.71. The van der Waals surface area contributed by atoms with E-state index in [2.05, 4.69) is 10.5 Å². The highest BCUT2D eigenvalue weighted by Crippen LogP contribution is 2.34. The maximum absolute atomic E-state index is 13.6. The molecule has 2 aromatic carbocycles. The number of nitro groups is 1. The van der Waals surface area contributed by atoms with E-state index in [1.165, 1.54) is 36.9 Å². The van der Waals surface area contributed by atoms with Crippen LogP contribution in [0.1, 0.15) is 38.7 Å². The number of hydrogen-bond donors (Lipinski definition) is 1. The molecule has 1 heterocycles. The standard InChI is InChI=1S/C22H28N4O6S/c1-15-6-5-7-16(2)25(15)33(29,30)22-13-18(26(27)28)9-10-19(22)24-23-14-17-8-11-20(31-3)21(12-17)32-4/h8-16,24H,5-7H2,1-4H3/b23-14-/t15-,16-/m0/s1. The zero-order chi connectivity index (χ0) is 24.2. The topological polar surface area (TPSA) is 123 Å². The highest BCUT2D eigenvalue weighted by atomic mass is 32.2. The molecule has 178 valence electrons. The summed E-state index contributed by atoms with van der Waals surface area (Å²) in [5.41, 5.74) is 3.27. The molecule has 10 nitrogen and oxygen atoms in total. The number of nitro benzene ring substituents is 1. The summed E-state index contributed by atoms with van der Waals surface area (Å²) in [5, 5.41) is 15.5. The lowest BCUT2D eigenvalue weighted by atomic mass is 10.0. The van der Waals surface area contributed by atoms with E-state index in [1.54, 1.807) is 18.2 Å². The zero-order valence-corrected chi connectivity index (χ0v) is 19.8. The third-order valence-corrected chi connectivity index (χ3v) is 7.82. The third kappa shape index (κ3) is 5.25. The van der Waals surface area contributed by atoms with Gasteiger partial charge in [-0.25, -0.2) is 8.42 Å². The van der Waals surface area contributed by atoms with Gasteiger partial charge in [0.05, 0.1) is 31.0 Å². The first-order valence-electron chi connectivity index (χ1n) is 10.5. The number of nitrogens with zero attached hydrogens (tertiary/aromatic N) is 3. The van der Waals surface area contributed by atoms with Crippen LogP contribution < -0.4 is 14.9 Å². The van der Waals surface area contributed by atoms with Crippen molar-refractivity contribution >= 4 is 27.6 Å². The molecule has 2 atom stereocenters. The fourth-order valence-corrected chi connectivity index (χ4v) is 6.07. The number of ether oxygens (including phenoxy) is 2. The van der Waals surface area contributed by atoms with Crippen molar-refractivity contribution in [3.05, 3.63) is 52.1 Å². The van der Waals surface area contributed by atoms with E-state index in [0.29, 0.717) is 17.1 Å². The minimum atomic E-state index is -4.01. The number of methoxy groups -OCH3 is 2. The largest absolute Gasteiger partial charge is 0.493 e. The number of benzene rings is 2. The molecule has 3 rings (SSSR count). The van der Waals surface area contributed by atoms with Crippen LogP contribution in [0.25, 0.3) is 0 Å². The lowest BCUT2D eigenvalue weighted by Gasteiger charge is -2.37. The van der Waals surface area contributed by atoms with Gasteiger partial charge < -0.3 is 9.47 Å². The molecule has 2 aromatic rings. The van der Waals surface area contributed by atoms with Crippen molar-refractivity contribution in [2.75, 3.05) is 19.6 Å². The Morgan fingerprint density at radius 1 is 1.09 bits per heavy atom. The number of anilines is 1. The maximum Gasteiger partial charge on any atom is 0.270 e. The van der Waals surface area contributed by atoms with Crippen molar-refractivity contribution in [1.82, 2.24) is 4.31 Å². The Labute approximate surface area is 193 Å². The minimum Gasteiger partial charge on any atom is -0.493 e.